The fourth-order valence-electron chi connectivity index (χ4n) is 4.50. The Balaban J connectivity index is 0.000000257. The second-order valence-electron chi connectivity index (χ2n) is 7.43. The van der Waals surface area contributed by atoms with Crippen LogP contribution in [0.2, 0.25) is 0 Å². The smallest absolute Gasteiger partial charge is 0.258 e. The molecule has 0 aromatic heterocycles. The summed E-state index contributed by atoms with van der Waals surface area (Å²) in [6.45, 7) is 0. The maximum atomic E-state index is 11.2. The minimum atomic E-state index is -0.248. The zero-order valence-electron chi connectivity index (χ0n) is 15.6. The van der Waals surface area contributed by atoms with Crippen LogP contribution in [0.15, 0.2) is 54.6 Å². The minimum absolute atomic E-state index is 0.248. The van der Waals surface area contributed by atoms with Crippen molar-refractivity contribution in [2.75, 3.05) is 0 Å². The Morgan fingerprint density at radius 3 is 2.15 bits per heavy atom. The molecule has 0 N–H and O–H groups in total. The Bertz CT molecular complexity index is 912. The van der Waals surface area contributed by atoms with Crippen molar-refractivity contribution in [2.24, 2.45) is 0 Å². The van der Waals surface area contributed by atoms with Crippen LogP contribution in [0.3, 0.4) is 0 Å². The van der Waals surface area contributed by atoms with Crippen molar-refractivity contribution < 1.29 is 4.92 Å². The average Bonchev–Trinajstić information content (AvgIpc) is 2.74. The van der Waals surface area contributed by atoms with Gasteiger partial charge in [-0.25, -0.2) is 0 Å². The van der Waals surface area contributed by atoms with E-state index in [2.05, 4.69) is 36.4 Å². The van der Waals surface area contributed by atoms with Crippen molar-refractivity contribution in [1.82, 2.24) is 0 Å². The topological polar surface area (TPSA) is 43.1 Å². The van der Waals surface area contributed by atoms with Gasteiger partial charge in [-0.3, -0.25) is 10.1 Å². The summed E-state index contributed by atoms with van der Waals surface area (Å²) in [7, 11) is 0. The normalized spacial score (nSPS) is 16.4. The van der Waals surface area contributed by atoms with E-state index >= 15 is 0 Å². The highest BCUT2D eigenvalue weighted by atomic mass is 16.6. The van der Waals surface area contributed by atoms with Gasteiger partial charge in [0, 0.05) is 11.6 Å². The van der Waals surface area contributed by atoms with Gasteiger partial charge in [-0.15, -0.1) is 0 Å². The summed E-state index contributed by atoms with van der Waals surface area (Å²) in [5, 5.41) is 11.2. The van der Waals surface area contributed by atoms with Crippen LogP contribution in [0.4, 0.5) is 5.69 Å². The van der Waals surface area contributed by atoms with Crippen LogP contribution in [0.1, 0.15) is 47.9 Å². The molecule has 0 amide bonds. The van der Waals surface area contributed by atoms with Gasteiger partial charge in [0.25, 0.3) is 5.69 Å². The molecule has 27 heavy (non-hydrogen) atoms. The van der Waals surface area contributed by atoms with Crippen molar-refractivity contribution in [2.45, 2.75) is 51.4 Å². The van der Waals surface area contributed by atoms with E-state index in [0.717, 1.165) is 24.0 Å². The van der Waals surface area contributed by atoms with Gasteiger partial charge in [0.15, 0.2) is 0 Å². The zero-order chi connectivity index (χ0) is 18.6. The lowest BCUT2D eigenvalue weighted by Crippen LogP contribution is -2.13. The molecular weight excluding hydrogens is 334 g/mol. The number of nitro groups is 1. The lowest BCUT2D eigenvalue weighted by Gasteiger charge is -2.26. The van der Waals surface area contributed by atoms with Crippen LogP contribution in [0, 0.1) is 10.1 Å². The first-order valence-electron chi connectivity index (χ1n) is 9.97. The number of hydrogen-bond donors (Lipinski definition) is 0. The van der Waals surface area contributed by atoms with E-state index < -0.39 is 0 Å². The van der Waals surface area contributed by atoms with Crippen LogP contribution >= 0.6 is 0 Å². The van der Waals surface area contributed by atoms with E-state index in [1.54, 1.807) is 6.07 Å². The SMILES string of the molecule is C1=CCCC=C1.O=[N+]([O-])c1cccc2c1CCc1c-2ccc2c1CCCC2. The number of rotatable bonds is 1. The fraction of sp³-hybridized carbons (Fsp3) is 0.333. The van der Waals surface area contributed by atoms with Crippen molar-refractivity contribution in [3.63, 3.8) is 0 Å². The summed E-state index contributed by atoms with van der Waals surface area (Å²) in [5.74, 6) is 0. The van der Waals surface area contributed by atoms with E-state index in [1.165, 1.54) is 60.8 Å². The van der Waals surface area contributed by atoms with Crippen molar-refractivity contribution in [3.8, 4) is 11.1 Å². The third-order valence-corrected chi connectivity index (χ3v) is 5.80. The number of fused-ring (bicyclic) bond motifs is 5. The number of benzene rings is 2. The predicted octanol–water partition coefficient (Wildman–Crippen LogP) is 6.13. The van der Waals surface area contributed by atoms with Gasteiger partial charge in [-0.1, -0.05) is 48.6 Å². The number of nitro benzene ring substituents is 1. The standard InChI is InChI=1S/C18H17NO2.C6H8/c20-19(21)18-7-3-6-14-16-9-8-12-4-1-2-5-13(12)15(16)10-11-17(14)18;1-2-4-6-5-3-1/h3,6-9H,1-2,4-5,10-11H2;1-4H,5-6H2. The summed E-state index contributed by atoms with van der Waals surface area (Å²) >= 11 is 0. The summed E-state index contributed by atoms with van der Waals surface area (Å²) in [6.07, 6.45) is 17.6. The van der Waals surface area contributed by atoms with Gasteiger partial charge >= 0.3 is 0 Å². The van der Waals surface area contributed by atoms with Gasteiger partial charge in [-0.05, 0) is 79.2 Å². The van der Waals surface area contributed by atoms with E-state index in [0.29, 0.717) is 0 Å². The van der Waals surface area contributed by atoms with Crippen LogP contribution in [-0.4, -0.2) is 4.92 Å². The Hall–Kier alpha value is -2.68. The van der Waals surface area contributed by atoms with Crippen molar-refractivity contribution >= 4 is 5.69 Å². The molecular formula is C24H25NO2. The minimum Gasteiger partial charge on any atom is -0.258 e. The Morgan fingerprint density at radius 2 is 1.44 bits per heavy atom. The molecule has 0 heterocycles. The first-order chi connectivity index (χ1) is 13.3. The molecule has 0 fully saturated rings. The monoisotopic (exact) mass is 359 g/mol. The maximum Gasteiger partial charge on any atom is 0.273 e. The molecule has 0 bridgehead atoms. The molecule has 3 aliphatic carbocycles. The summed E-state index contributed by atoms with van der Waals surface area (Å²) in [5.41, 5.74) is 7.94. The number of nitrogens with zero attached hydrogens (tertiary/aromatic N) is 1. The lowest BCUT2D eigenvalue weighted by molar-refractivity contribution is -0.385. The molecule has 0 saturated heterocycles. The van der Waals surface area contributed by atoms with Crippen LogP contribution in [0.5, 0.6) is 0 Å². The van der Waals surface area contributed by atoms with Gasteiger partial charge in [-0.2, -0.15) is 0 Å². The fourth-order valence-corrected chi connectivity index (χ4v) is 4.50. The summed E-state index contributed by atoms with van der Waals surface area (Å²) in [4.78, 5) is 11.0. The molecule has 3 aliphatic rings. The molecule has 3 heteroatoms. The molecule has 0 spiro atoms. The number of aryl methyl sites for hydroxylation is 1. The Morgan fingerprint density at radius 1 is 0.741 bits per heavy atom. The molecule has 2 aromatic carbocycles. The third kappa shape index (κ3) is 3.59. The van der Waals surface area contributed by atoms with E-state index in [4.69, 9.17) is 0 Å². The summed E-state index contributed by atoms with van der Waals surface area (Å²) in [6, 6.07) is 9.89. The predicted molar refractivity (Wildman–Crippen MR) is 110 cm³/mol. The highest BCUT2D eigenvalue weighted by Crippen LogP contribution is 2.41. The van der Waals surface area contributed by atoms with Gasteiger partial charge < -0.3 is 0 Å². The molecule has 3 nitrogen and oxygen atoms in total. The van der Waals surface area contributed by atoms with Gasteiger partial charge in [0.2, 0.25) is 0 Å². The number of hydrogen-bond acceptors (Lipinski definition) is 2. The van der Waals surface area contributed by atoms with E-state index in [1.807, 2.05) is 12.1 Å². The maximum absolute atomic E-state index is 11.2. The number of allylic oxidation sites excluding steroid dienone is 4. The van der Waals surface area contributed by atoms with Crippen LogP contribution in [-0.2, 0) is 25.7 Å². The van der Waals surface area contributed by atoms with Crippen LogP contribution < -0.4 is 0 Å². The second-order valence-corrected chi connectivity index (χ2v) is 7.43. The molecule has 138 valence electrons. The van der Waals surface area contributed by atoms with Crippen LogP contribution in [0.25, 0.3) is 11.1 Å². The molecule has 0 radical (unpaired) electrons. The van der Waals surface area contributed by atoms with E-state index in [-0.39, 0.29) is 10.6 Å². The average molecular weight is 359 g/mol. The highest BCUT2D eigenvalue weighted by Gasteiger charge is 2.26. The largest absolute Gasteiger partial charge is 0.273 e. The molecule has 5 rings (SSSR count). The highest BCUT2D eigenvalue weighted by molar-refractivity contribution is 5.78. The molecule has 0 saturated carbocycles. The molecule has 2 aromatic rings. The zero-order valence-corrected chi connectivity index (χ0v) is 15.6. The molecule has 0 unspecified atom stereocenters. The lowest BCUT2D eigenvalue weighted by atomic mass is 9.78. The Labute approximate surface area is 160 Å². The molecule has 0 atom stereocenters. The quantitative estimate of drug-likeness (QED) is 0.454. The molecule has 0 aliphatic heterocycles. The first kappa shape index (κ1) is 17.7. The van der Waals surface area contributed by atoms with Gasteiger partial charge in [0.05, 0.1) is 4.92 Å². The Kier molecular flexibility index (Phi) is 5.19. The van der Waals surface area contributed by atoms with Gasteiger partial charge in [0.1, 0.15) is 0 Å². The third-order valence-electron chi connectivity index (χ3n) is 5.80. The summed E-state index contributed by atoms with van der Waals surface area (Å²) < 4.78 is 0. The first-order valence-corrected chi connectivity index (χ1v) is 9.97. The van der Waals surface area contributed by atoms with E-state index in [9.17, 15) is 10.1 Å². The van der Waals surface area contributed by atoms with Crippen molar-refractivity contribution in [1.29, 1.82) is 0 Å². The second kappa shape index (κ2) is 7.91. The van der Waals surface area contributed by atoms with Crippen molar-refractivity contribution in [3.05, 3.63) is 87.0 Å².